The molecule has 0 bridgehead atoms. The first kappa shape index (κ1) is 16.9. The summed E-state index contributed by atoms with van der Waals surface area (Å²) in [6.45, 7) is 6.25. The molecule has 1 heterocycles. The van der Waals surface area contributed by atoms with E-state index in [0.29, 0.717) is 17.8 Å². The Balaban J connectivity index is 1.82. The molecule has 1 N–H and O–H groups in total. The summed E-state index contributed by atoms with van der Waals surface area (Å²) in [5.41, 5.74) is 4.93. The average molecular weight is 337 g/mol. The smallest absolute Gasteiger partial charge is 0.255 e. The van der Waals surface area contributed by atoms with Gasteiger partial charge in [-0.1, -0.05) is 29.8 Å². The van der Waals surface area contributed by atoms with Gasteiger partial charge in [-0.2, -0.15) is 5.10 Å². The van der Waals surface area contributed by atoms with Gasteiger partial charge in [0.2, 0.25) is 0 Å². The summed E-state index contributed by atoms with van der Waals surface area (Å²) in [6.07, 6.45) is 0. The van der Waals surface area contributed by atoms with Crippen LogP contribution >= 0.6 is 0 Å². The summed E-state index contributed by atoms with van der Waals surface area (Å²) in [5.74, 6) is -0.417. The first-order chi connectivity index (χ1) is 11.9. The van der Waals surface area contributed by atoms with Gasteiger partial charge in [-0.15, -0.1) is 0 Å². The first-order valence-electron chi connectivity index (χ1n) is 8.10. The molecule has 3 rings (SSSR count). The zero-order chi connectivity index (χ0) is 18.0. The number of benzene rings is 2. The summed E-state index contributed by atoms with van der Waals surface area (Å²) >= 11 is 0. The lowest BCUT2D eigenvalue weighted by Gasteiger charge is -2.08. The molecule has 0 fully saturated rings. The van der Waals surface area contributed by atoms with Crippen LogP contribution in [0.25, 0.3) is 0 Å². The van der Waals surface area contributed by atoms with E-state index >= 15 is 0 Å². The fraction of sp³-hybridized carbons (Fsp3) is 0.200. The lowest BCUT2D eigenvalue weighted by atomic mass is 10.1. The number of carbonyl (C=O) groups is 1. The van der Waals surface area contributed by atoms with E-state index in [1.54, 1.807) is 18.2 Å². The van der Waals surface area contributed by atoms with Crippen LogP contribution in [0.1, 0.15) is 32.9 Å². The fourth-order valence-corrected chi connectivity index (χ4v) is 2.77. The number of nitrogens with one attached hydrogen (secondary N) is 1. The molecule has 128 valence electrons. The summed E-state index contributed by atoms with van der Waals surface area (Å²) in [5, 5.41) is 7.46. The summed E-state index contributed by atoms with van der Waals surface area (Å²) in [6, 6.07) is 13.8. The summed E-state index contributed by atoms with van der Waals surface area (Å²) < 4.78 is 14.8. The maximum absolute atomic E-state index is 13.0. The predicted molar refractivity (Wildman–Crippen MR) is 96.3 cm³/mol. The van der Waals surface area contributed by atoms with Crippen molar-refractivity contribution in [1.29, 1.82) is 0 Å². The third-order valence-corrected chi connectivity index (χ3v) is 4.15. The highest BCUT2D eigenvalue weighted by Crippen LogP contribution is 2.21. The molecule has 0 saturated heterocycles. The minimum atomic E-state index is -0.261. The van der Waals surface area contributed by atoms with Crippen molar-refractivity contribution in [3.8, 4) is 0 Å². The minimum Gasteiger partial charge on any atom is -0.319 e. The highest BCUT2D eigenvalue weighted by molar-refractivity contribution is 6.04. The van der Waals surface area contributed by atoms with E-state index < -0.39 is 0 Å². The van der Waals surface area contributed by atoms with Crippen LogP contribution in [0.2, 0.25) is 0 Å². The van der Waals surface area contributed by atoms with Crippen LogP contribution < -0.4 is 5.32 Å². The van der Waals surface area contributed by atoms with E-state index in [1.165, 1.54) is 12.1 Å². The monoisotopic (exact) mass is 337 g/mol. The minimum absolute atomic E-state index is 0.156. The molecule has 0 aliphatic rings. The molecule has 0 atom stereocenters. The van der Waals surface area contributed by atoms with Crippen LogP contribution in [0.3, 0.4) is 0 Å². The van der Waals surface area contributed by atoms with Gasteiger partial charge in [0.1, 0.15) is 5.82 Å². The Bertz CT molecular complexity index is 913. The molecular formula is C20H20FN3O. The third-order valence-electron chi connectivity index (χ3n) is 4.15. The Morgan fingerprint density at radius 2 is 1.84 bits per heavy atom. The van der Waals surface area contributed by atoms with Crippen LogP contribution in [0.5, 0.6) is 0 Å². The Labute approximate surface area is 146 Å². The Kier molecular flexibility index (Phi) is 4.65. The number of anilines is 1. The molecule has 0 saturated carbocycles. The van der Waals surface area contributed by atoms with E-state index in [2.05, 4.69) is 10.4 Å². The van der Waals surface area contributed by atoms with Crippen LogP contribution in [0, 0.1) is 26.6 Å². The molecule has 3 aromatic rings. The largest absolute Gasteiger partial charge is 0.319 e. The predicted octanol–water partition coefficient (Wildman–Crippen LogP) is 4.25. The van der Waals surface area contributed by atoms with Gasteiger partial charge >= 0.3 is 0 Å². The maximum Gasteiger partial charge on any atom is 0.255 e. The number of carbonyl (C=O) groups excluding carboxylic acids is 1. The molecule has 0 aliphatic carbocycles. The number of amides is 1. The second-order valence-electron chi connectivity index (χ2n) is 6.15. The average Bonchev–Trinajstić information content (AvgIpc) is 2.84. The number of rotatable bonds is 4. The van der Waals surface area contributed by atoms with Crippen molar-refractivity contribution < 1.29 is 9.18 Å². The van der Waals surface area contributed by atoms with Crippen LogP contribution in [-0.2, 0) is 6.54 Å². The maximum atomic E-state index is 13.0. The number of hydrogen-bond donors (Lipinski definition) is 1. The zero-order valence-corrected chi connectivity index (χ0v) is 14.5. The van der Waals surface area contributed by atoms with Gasteiger partial charge in [0.05, 0.1) is 23.6 Å². The Morgan fingerprint density at radius 3 is 2.52 bits per heavy atom. The van der Waals surface area contributed by atoms with Crippen molar-refractivity contribution in [2.24, 2.45) is 0 Å². The van der Waals surface area contributed by atoms with Crippen LogP contribution in [-0.4, -0.2) is 15.7 Å². The quantitative estimate of drug-likeness (QED) is 0.774. The van der Waals surface area contributed by atoms with Crippen molar-refractivity contribution in [3.63, 3.8) is 0 Å². The van der Waals surface area contributed by atoms with Gasteiger partial charge in [0.15, 0.2) is 0 Å². The van der Waals surface area contributed by atoms with Crippen molar-refractivity contribution in [2.75, 3.05) is 5.32 Å². The number of aryl methyl sites for hydroxylation is 2. The van der Waals surface area contributed by atoms with E-state index in [1.807, 2.05) is 43.7 Å². The summed E-state index contributed by atoms with van der Waals surface area (Å²) in [4.78, 5) is 12.5. The second-order valence-corrected chi connectivity index (χ2v) is 6.15. The zero-order valence-electron chi connectivity index (χ0n) is 14.5. The van der Waals surface area contributed by atoms with Gasteiger partial charge in [-0.3, -0.25) is 9.48 Å². The molecule has 1 aromatic heterocycles. The van der Waals surface area contributed by atoms with Crippen molar-refractivity contribution in [1.82, 2.24) is 9.78 Å². The molecule has 2 aromatic carbocycles. The van der Waals surface area contributed by atoms with Gasteiger partial charge in [-0.25, -0.2) is 4.39 Å². The van der Waals surface area contributed by atoms with Gasteiger partial charge in [0.25, 0.3) is 5.91 Å². The number of hydrogen-bond acceptors (Lipinski definition) is 2. The first-order valence-corrected chi connectivity index (χ1v) is 8.10. The molecule has 0 radical (unpaired) electrons. The third kappa shape index (κ3) is 3.76. The number of nitrogens with zero attached hydrogens (tertiary/aromatic N) is 2. The van der Waals surface area contributed by atoms with Gasteiger partial charge in [0, 0.05) is 5.56 Å². The normalized spacial score (nSPS) is 10.7. The molecular weight excluding hydrogens is 317 g/mol. The Morgan fingerprint density at radius 1 is 1.12 bits per heavy atom. The standard InChI is InChI=1S/C20H20FN3O/c1-13-5-4-6-17(11-13)20(25)22-19-14(2)23-24(15(19)3)12-16-7-9-18(21)10-8-16/h4-11H,12H2,1-3H3,(H,22,25). The molecule has 0 spiro atoms. The van der Waals surface area contributed by atoms with Gasteiger partial charge < -0.3 is 5.32 Å². The lowest BCUT2D eigenvalue weighted by molar-refractivity contribution is 0.102. The molecule has 25 heavy (non-hydrogen) atoms. The number of aromatic nitrogens is 2. The van der Waals surface area contributed by atoms with E-state index in [4.69, 9.17) is 0 Å². The van der Waals surface area contributed by atoms with Crippen LogP contribution in [0.4, 0.5) is 10.1 Å². The van der Waals surface area contributed by atoms with Crippen molar-refractivity contribution >= 4 is 11.6 Å². The van der Waals surface area contributed by atoms with Gasteiger partial charge in [-0.05, 0) is 50.6 Å². The topological polar surface area (TPSA) is 46.9 Å². The van der Waals surface area contributed by atoms with E-state index in [0.717, 1.165) is 22.5 Å². The van der Waals surface area contributed by atoms with E-state index in [-0.39, 0.29) is 11.7 Å². The second kappa shape index (κ2) is 6.89. The lowest BCUT2D eigenvalue weighted by Crippen LogP contribution is -2.13. The SMILES string of the molecule is Cc1cccc(C(=O)Nc2c(C)nn(Cc3ccc(F)cc3)c2C)c1. The molecule has 1 amide bonds. The molecule has 0 aliphatic heterocycles. The van der Waals surface area contributed by atoms with Crippen LogP contribution in [0.15, 0.2) is 48.5 Å². The number of halogens is 1. The molecule has 5 heteroatoms. The highest BCUT2D eigenvalue weighted by atomic mass is 19.1. The van der Waals surface area contributed by atoms with Crippen molar-refractivity contribution in [2.45, 2.75) is 27.3 Å². The fourth-order valence-electron chi connectivity index (χ4n) is 2.77. The highest BCUT2D eigenvalue weighted by Gasteiger charge is 2.15. The Hall–Kier alpha value is -2.95. The van der Waals surface area contributed by atoms with Crippen molar-refractivity contribution in [3.05, 3.63) is 82.4 Å². The summed E-state index contributed by atoms with van der Waals surface area (Å²) in [7, 11) is 0. The molecule has 4 nitrogen and oxygen atoms in total. The van der Waals surface area contributed by atoms with E-state index in [9.17, 15) is 9.18 Å². The molecule has 0 unspecified atom stereocenters.